The fourth-order valence-electron chi connectivity index (χ4n) is 2.23. The standard InChI is InChI=1S/C19H17Cl2NO4/c1-3-4-13-7-12(8-17(25-2)19(13)26-11-18(23)24)10-22-14-5-6-15(20)16(21)9-14/h3,5-10H,1,4,11H2,2H3,(H,23,24). The van der Waals surface area contributed by atoms with Gasteiger partial charge in [-0.2, -0.15) is 0 Å². The summed E-state index contributed by atoms with van der Waals surface area (Å²) in [5.74, 6) is -0.274. The van der Waals surface area contributed by atoms with Crippen LogP contribution in [0.25, 0.3) is 0 Å². The molecule has 0 aromatic heterocycles. The fourth-order valence-corrected chi connectivity index (χ4v) is 2.52. The van der Waals surface area contributed by atoms with E-state index >= 15 is 0 Å². The van der Waals surface area contributed by atoms with Gasteiger partial charge in [0, 0.05) is 11.8 Å². The van der Waals surface area contributed by atoms with Gasteiger partial charge in [0.15, 0.2) is 18.1 Å². The summed E-state index contributed by atoms with van der Waals surface area (Å²) in [5, 5.41) is 9.72. The lowest BCUT2D eigenvalue weighted by Crippen LogP contribution is -2.11. The number of aliphatic carboxylic acids is 1. The molecule has 2 aromatic carbocycles. The van der Waals surface area contributed by atoms with Crippen molar-refractivity contribution in [1.82, 2.24) is 0 Å². The first-order chi connectivity index (χ1) is 12.4. The Morgan fingerprint density at radius 1 is 1.27 bits per heavy atom. The van der Waals surface area contributed by atoms with Crippen molar-refractivity contribution < 1.29 is 19.4 Å². The Morgan fingerprint density at radius 3 is 2.65 bits per heavy atom. The molecule has 0 fully saturated rings. The summed E-state index contributed by atoms with van der Waals surface area (Å²) in [5.41, 5.74) is 2.15. The lowest BCUT2D eigenvalue weighted by molar-refractivity contribution is -0.139. The van der Waals surface area contributed by atoms with E-state index in [0.29, 0.717) is 33.7 Å². The minimum Gasteiger partial charge on any atom is -0.493 e. The molecule has 0 unspecified atom stereocenters. The van der Waals surface area contributed by atoms with Gasteiger partial charge < -0.3 is 14.6 Å². The van der Waals surface area contributed by atoms with Gasteiger partial charge in [-0.25, -0.2) is 4.79 Å². The molecule has 2 aromatic rings. The van der Waals surface area contributed by atoms with Gasteiger partial charge in [0.25, 0.3) is 0 Å². The lowest BCUT2D eigenvalue weighted by Gasteiger charge is -2.14. The van der Waals surface area contributed by atoms with Gasteiger partial charge in [0.05, 0.1) is 22.8 Å². The van der Waals surface area contributed by atoms with Crippen molar-refractivity contribution in [2.75, 3.05) is 13.7 Å². The number of nitrogens with zero attached hydrogens (tertiary/aromatic N) is 1. The average Bonchev–Trinajstić information content (AvgIpc) is 2.61. The molecule has 0 amide bonds. The molecule has 0 spiro atoms. The van der Waals surface area contributed by atoms with Crippen molar-refractivity contribution in [2.24, 2.45) is 4.99 Å². The van der Waals surface area contributed by atoms with Crippen LogP contribution in [0.15, 0.2) is 48.0 Å². The van der Waals surface area contributed by atoms with Crippen molar-refractivity contribution in [1.29, 1.82) is 0 Å². The number of hydrogen-bond acceptors (Lipinski definition) is 4. The van der Waals surface area contributed by atoms with Crippen molar-refractivity contribution in [3.05, 3.63) is 64.2 Å². The molecule has 5 nitrogen and oxygen atoms in total. The third-order valence-corrected chi connectivity index (χ3v) is 4.08. The number of halogens is 2. The summed E-state index contributed by atoms with van der Waals surface area (Å²) in [7, 11) is 1.49. The van der Waals surface area contributed by atoms with Crippen molar-refractivity contribution in [2.45, 2.75) is 6.42 Å². The van der Waals surface area contributed by atoms with Gasteiger partial charge in [-0.05, 0) is 42.3 Å². The number of ether oxygens (including phenoxy) is 2. The predicted molar refractivity (Wildman–Crippen MR) is 104 cm³/mol. The van der Waals surface area contributed by atoms with E-state index in [1.807, 2.05) is 6.07 Å². The molecule has 0 saturated carbocycles. The van der Waals surface area contributed by atoms with Crippen molar-refractivity contribution >= 4 is 41.1 Å². The summed E-state index contributed by atoms with van der Waals surface area (Å²) in [6.45, 7) is 3.25. The Bertz CT molecular complexity index is 850. The van der Waals surface area contributed by atoms with E-state index in [4.69, 9.17) is 37.8 Å². The number of aliphatic imine (C=N–C) groups is 1. The molecule has 2 rings (SSSR count). The van der Waals surface area contributed by atoms with Gasteiger partial charge in [0.1, 0.15) is 0 Å². The quantitative estimate of drug-likeness (QED) is 0.509. The van der Waals surface area contributed by atoms with Crippen LogP contribution in [0, 0.1) is 0 Å². The molecule has 26 heavy (non-hydrogen) atoms. The number of allylic oxidation sites excluding steroid dienone is 1. The Balaban J connectivity index is 2.37. The largest absolute Gasteiger partial charge is 0.493 e. The summed E-state index contributed by atoms with van der Waals surface area (Å²) in [4.78, 5) is 15.2. The first kappa shape index (κ1) is 19.8. The highest BCUT2D eigenvalue weighted by Gasteiger charge is 2.13. The van der Waals surface area contributed by atoms with Gasteiger partial charge in [0.2, 0.25) is 0 Å². The molecule has 0 heterocycles. The zero-order valence-corrected chi connectivity index (χ0v) is 15.5. The van der Waals surface area contributed by atoms with Crippen molar-refractivity contribution in [3.8, 4) is 11.5 Å². The second-order valence-corrected chi connectivity index (χ2v) is 6.06. The molecule has 1 N–H and O–H groups in total. The van der Waals surface area contributed by atoms with Crippen LogP contribution in [0.5, 0.6) is 11.5 Å². The molecule has 0 radical (unpaired) electrons. The number of rotatable bonds is 8. The van der Waals surface area contributed by atoms with Crippen LogP contribution in [0.2, 0.25) is 10.0 Å². The molecule has 136 valence electrons. The minimum absolute atomic E-state index is 0.376. The van der Waals surface area contributed by atoms with E-state index in [9.17, 15) is 4.79 Å². The van der Waals surface area contributed by atoms with Gasteiger partial charge >= 0.3 is 5.97 Å². The fraction of sp³-hybridized carbons (Fsp3) is 0.158. The first-order valence-electron chi connectivity index (χ1n) is 7.60. The molecule has 0 atom stereocenters. The molecule has 0 aliphatic rings. The number of methoxy groups -OCH3 is 1. The van der Waals surface area contributed by atoms with E-state index in [1.165, 1.54) is 7.11 Å². The third-order valence-electron chi connectivity index (χ3n) is 3.34. The molecule has 7 heteroatoms. The van der Waals surface area contributed by atoms with Gasteiger partial charge in [-0.3, -0.25) is 4.99 Å². The smallest absolute Gasteiger partial charge is 0.341 e. The molecule has 0 bridgehead atoms. The topological polar surface area (TPSA) is 68.1 Å². The van der Waals surface area contributed by atoms with E-state index in [-0.39, 0.29) is 0 Å². The molecule has 0 aliphatic carbocycles. The van der Waals surface area contributed by atoms with Crippen LogP contribution < -0.4 is 9.47 Å². The minimum atomic E-state index is -1.07. The second kappa shape index (κ2) is 9.27. The second-order valence-electron chi connectivity index (χ2n) is 5.24. The van der Waals surface area contributed by atoms with E-state index < -0.39 is 12.6 Å². The summed E-state index contributed by atoms with van der Waals surface area (Å²) >= 11 is 11.9. The maximum atomic E-state index is 10.8. The number of carboxylic acids is 1. The summed E-state index contributed by atoms with van der Waals surface area (Å²) in [6.07, 6.45) is 3.83. The number of carboxylic acid groups (broad SMARTS) is 1. The Kier molecular flexibility index (Phi) is 7.06. The van der Waals surface area contributed by atoms with E-state index in [2.05, 4.69) is 11.6 Å². The highest BCUT2D eigenvalue weighted by Crippen LogP contribution is 2.33. The number of hydrogen-bond donors (Lipinski definition) is 1. The van der Waals surface area contributed by atoms with E-state index in [0.717, 1.165) is 11.1 Å². The number of benzene rings is 2. The highest BCUT2D eigenvalue weighted by molar-refractivity contribution is 6.42. The van der Waals surface area contributed by atoms with Crippen LogP contribution in [0.4, 0.5) is 5.69 Å². The first-order valence-corrected chi connectivity index (χ1v) is 8.35. The average molecular weight is 394 g/mol. The van der Waals surface area contributed by atoms with Crippen LogP contribution in [-0.2, 0) is 11.2 Å². The zero-order valence-electron chi connectivity index (χ0n) is 14.0. The molecular weight excluding hydrogens is 377 g/mol. The highest BCUT2D eigenvalue weighted by atomic mass is 35.5. The maximum Gasteiger partial charge on any atom is 0.341 e. The van der Waals surface area contributed by atoms with Crippen LogP contribution in [-0.4, -0.2) is 31.0 Å². The van der Waals surface area contributed by atoms with Crippen molar-refractivity contribution in [3.63, 3.8) is 0 Å². The SMILES string of the molecule is C=CCc1cc(C=Nc2ccc(Cl)c(Cl)c2)cc(OC)c1OCC(=O)O. The summed E-state index contributed by atoms with van der Waals surface area (Å²) < 4.78 is 10.7. The Morgan fingerprint density at radius 2 is 2.04 bits per heavy atom. The Hall–Kier alpha value is -2.50. The Labute approximate surface area is 161 Å². The molecule has 0 saturated heterocycles. The lowest BCUT2D eigenvalue weighted by atomic mass is 10.1. The van der Waals surface area contributed by atoms with Crippen LogP contribution in [0.3, 0.4) is 0 Å². The predicted octanol–water partition coefficient (Wildman–Crippen LogP) is 4.94. The zero-order chi connectivity index (χ0) is 19.1. The third kappa shape index (κ3) is 5.25. The normalized spacial score (nSPS) is 10.7. The van der Waals surface area contributed by atoms with Crippen LogP contribution >= 0.6 is 23.2 Å². The number of carbonyl (C=O) groups is 1. The summed E-state index contributed by atoms with van der Waals surface area (Å²) in [6, 6.07) is 8.62. The van der Waals surface area contributed by atoms with Crippen LogP contribution in [0.1, 0.15) is 11.1 Å². The molecule has 0 aliphatic heterocycles. The maximum absolute atomic E-state index is 10.8. The molecular formula is C19H17Cl2NO4. The monoisotopic (exact) mass is 393 g/mol. The van der Waals surface area contributed by atoms with Gasteiger partial charge in [-0.1, -0.05) is 29.3 Å². The van der Waals surface area contributed by atoms with Gasteiger partial charge in [-0.15, -0.1) is 6.58 Å². The van der Waals surface area contributed by atoms with E-state index in [1.54, 1.807) is 36.6 Å².